The average Bonchev–Trinajstić information content (AvgIpc) is 2.54. The summed E-state index contributed by atoms with van der Waals surface area (Å²) in [5, 5.41) is 6.60. The molecule has 3 nitrogen and oxygen atoms in total. The van der Waals surface area contributed by atoms with Crippen LogP contribution >= 0.6 is 22.9 Å². The summed E-state index contributed by atoms with van der Waals surface area (Å²) in [5.74, 6) is 0. The van der Waals surface area contributed by atoms with Crippen LogP contribution in [0.2, 0.25) is 0 Å². The Morgan fingerprint density at radius 1 is 1.29 bits per heavy atom. The van der Waals surface area contributed by atoms with Crippen molar-refractivity contribution in [1.29, 1.82) is 0 Å². The monoisotopic (exact) mass is 309 g/mol. The molecule has 0 aliphatic carbocycles. The molecule has 0 saturated carbocycles. The lowest BCUT2D eigenvalue weighted by atomic mass is 10.2. The normalized spacial score (nSPS) is 20.9. The molecule has 0 saturated heterocycles. The SMILES string of the molecule is CCCCCCN1N=CN(I)C1CC. The minimum atomic E-state index is 0.484. The van der Waals surface area contributed by atoms with E-state index in [1.54, 1.807) is 0 Å². The van der Waals surface area contributed by atoms with Gasteiger partial charge < -0.3 is 0 Å². The van der Waals surface area contributed by atoms with Gasteiger partial charge in [-0.3, -0.25) is 8.12 Å². The van der Waals surface area contributed by atoms with Crippen molar-refractivity contribution in [1.82, 2.24) is 8.12 Å². The summed E-state index contributed by atoms with van der Waals surface area (Å²) in [7, 11) is 0. The second-order valence-corrected chi connectivity index (χ2v) is 4.80. The Labute approximate surface area is 101 Å². The zero-order valence-electron chi connectivity index (χ0n) is 9.12. The minimum absolute atomic E-state index is 0.484. The molecule has 0 aromatic rings. The highest BCUT2D eigenvalue weighted by molar-refractivity contribution is 14.1. The van der Waals surface area contributed by atoms with Crippen molar-refractivity contribution in [2.45, 2.75) is 52.1 Å². The maximum atomic E-state index is 4.39. The molecule has 0 bridgehead atoms. The largest absolute Gasteiger partial charge is 0.281 e. The first kappa shape index (κ1) is 12.1. The molecule has 4 heteroatoms. The van der Waals surface area contributed by atoms with E-state index in [1.807, 2.05) is 6.34 Å². The van der Waals surface area contributed by atoms with E-state index in [4.69, 9.17) is 0 Å². The number of nitrogens with zero attached hydrogens (tertiary/aromatic N) is 3. The fraction of sp³-hybridized carbons (Fsp3) is 0.900. The zero-order valence-corrected chi connectivity index (χ0v) is 11.3. The Hall–Kier alpha value is 0. The van der Waals surface area contributed by atoms with Gasteiger partial charge in [0.25, 0.3) is 0 Å². The van der Waals surface area contributed by atoms with Crippen LogP contribution in [-0.2, 0) is 0 Å². The number of rotatable bonds is 6. The summed E-state index contributed by atoms with van der Waals surface area (Å²) < 4.78 is 2.16. The number of hydrazone groups is 1. The molecule has 0 amide bonds. The molecule has 0 fully saturated rings. The van der Waals surface area contributed by atoms with Crippen LogP contribution in [0.4, 0.5) is 0 Å². The van der Waals surface area contributed by atoms with Crippen molar-refractivity contribution in [2.24, 2.45) is 5.10 Å². The molecule has 0 aromatic heterocycles. The quantitative estimate of drug-likeness (QED) is 0.426. The Bertz CT molecular complexity index is 184. The highest BCUT2D eigenvalue weighted by Crippen LogP contribution is 2.19. The third-order valence-corrected chi connectivity index (χ3v) is 3.44. The van der Waals surface area contributed by atoms with Gasteiger partial charge in [-0.25, -0.2) is 0 Å². The van der Waals surface area contributed by atoms with E-state index in [-0.39, 0.29) is 0 Å². The van der Waals surface area contributed by atoms with Gasteiger partial charge in [-0.05, 0) is 12.8 Å². The summed E-state index contributed by atoms with van der Waals surface area (Å²) in [6.45, 7) is 5.56. The maximum Gasteiger partial charge on any atom is 0.128 e. The van der Waals surface area contributed by atoms with Crippen LogP contribution < -0.4 is 0 Å². The molecule has 1 unspecified atom stereocenters. The summed E-state index contributed by atoms with van der Waals surface area (Å²) in [4.78, 5) is 0. The van der Waals surface area contributed by atoms with Gasteiger partial charge >= 0.3 is 0 Å². The molecular formula is C10H20IN3. The Balaban J connectivity index is 2.20. The van der Waals surface area contributed by atoms with E-state index in [2.05, 4.69) is 49.9 Å². The second-order valence-electron chi connectivity index (χ2n) is 3.69. The van der Waals surface area contributed by atoms with Gasteiger partial charge in [0.1, 0.15) is 12.5 Å². The van der Waals surface area contributed by atoms with Gasteiger partial charge in [0.2, 0.25) is 0 Å². The predicted octanol–water partition coefficient (Wildman–Crippen LogP) is 3.21. The summed E-state index contributed by atoms with van der Waals surface area (Å²) in [5.41, 5.74) is 0. The molecule has 0 radical (unpaired) electrons. The molecular weight excluding hydrogens is 289 g/mol. The summed E-state index contributed by atoms with van der Waals surface area (Å²) in [6.07, 6.45) is 8.80. The molecule has 82 valence electrons. The van der Waals surface area contributed by atoms with Crippen molar-refractivity contribution >= 4 is 29.2 Å². The fourth-order valence-corrected chi connectivity index (χ4v) is 2.48. The molecule has 14 heavy (non-hydrogen) atoms. The first-order chi connectivity index (χ1) is 6.79. The van der Waals surface area contributed by atoms with Crippen molar-refractivity contribution in [3.05, 3.63) is 0 Å². The van der Waals surface area contributed by atoms with Gasteiger partial charge in [-0.15, -0.1) is 0 Å². The first-order valence-electron chi connectivity index (χ1n) is 5.54. The van der Waals surface area contributed by atoms with Crippen molar-refractivity contribution in [3.8, 4) is 0 Å². The average molecular weight is 309 g/mol. The lowest BCUT2D eigenvalue weighted by molar-refractivity contribution is 0.178. The Morgan fingerprint density at radius 3 is 2.71 bits per heavy atom. The third kappa shape index (κ3) is 3.29. The summed E-state index contributed by atoms with van der Waals surface area (Å²) >= 11 is 2.32. The van der Waals surface area contributed by atoms with Gasteiger partial charge in [0, 0.05) is 6.54 Å². The first-order valence-corrected chi connectivity index (χ1v) is 6.51. The number of unbranched alkanes of at least 4 members (excludes halogenated alkanes) is 3. The van der Waals surface area contributed by atoms with Crippen LogP contribution in [0.3, 0.4) is 0 Å². The molecule has 1 rings (SSSR count). The lowest BCUT2D eigenvalue weighted by Gasteiger charge is -2.25. The van der Waals surface area contributed by atoms with Gasteiger partial charge in [-0.1, -0.05) is 33.1 Å². The van der Waals surface area contributed by atoms with Crippen LogP contribution in [0.15, 0.2) is 5.10 Å². The molecule has 1 atom stereocenters. The minimum Gasteiger partial charge on any atom is -0.281 e. The predicted molar refractivity (Wildman–Crippen MR) is 69.3 cm³/mol. The van der Waals surface area contributed by atoms with Crippen molar-refractivity contribution in [2.75, 3.05) is 6.54 Å². The topological polar surface area (TPSA) is 18.8 Å². The van der Waals surface area contributed by atoms with E-state index >= 15 is 0 Å². The van der Waals surface area contributed by atoms with Crippen LogP contribution in [-0.4, -0.2) is 27.2 Å². The zero-order chi connectivity index (χ0) is 10.4. The smallest absolute Gasteiger partial charge is 0.128 e. The van der Waals surface area contributed by atoms with Crippen LogP contribution in [0.25, 0.3) is 0 Å². The molecule has 0 N–H and O–H groups in total. The second kappa shape index (κ2) is 6.48. The van der Waals surface area contributed by atoms with E-state index in [0.717, 1.165) is 13.0 Å². The molecule has 1 aliphatic heterocycles. The Morgan fingerprint density at radius 2 is 2.07 bits per heavy atom. The van der Waals surface area contributed by atoms with Crippen LogP contribution in [0.1, 0.15) is 46.0 Å². The maximum absolute atomic E-state index is 4.39. The van der Waals surface area contributed by atoms with Gasteiger partial charge in [0.05, 0.1) is 22.9 Å². The number of hydrogen-bond acceptors (Lipinski definition) is 3. The standard InChI is InChI=1S/C10H20IN3/c1-3-5-6-7-8-14-10(4-2)13(11)9-12-14/h9-10H,3-8H2,1-2H3. The Kier molecular flexibility index (Phi) is 5.59. The molecule has 1 aliphatic rings. The van der Waals surface area contributed by atoms with Gasteiger partial charge in [-0.2, -0.15) is 5.10 Å². The molecule has 0 aromatic carbocycles. The van der Waals surface area contributed by atoms with E-state index in [9.17, 15) is 0 Å². The van der Waals surface area contributed by atoms with Crippen LogP contribution in [0.5, 0.6) is 0 Å². The van der Waals surface area contributed by atoms with Gasteiger partial charge in [0.15, 0.2) is 0 Å². The summed E-state index contributed by atoms with van der Waals surface area (Å²) in [6, 6.07) is 0. The highest BCUT2D eigenvalue weighted by Gasteiger charge is 2.23. The fourth-order valence-electron chi connectivity index (χ4n) is 1.69. The molecule has 0 spiro atoms. The number of halogens is 1. The highest BCUT2D eigenvalue weighted by atomic mass is 127. The molecule has 1 heterocycles. The van der Waals surface area contributed by atoms with Crippen molar-refractivity contribution < 1.29 is 0 Å². The number of hydrogen-bond donors (Lipinski definition) is 0. The third-order valence-electron chi connectivity index (χ3n) is 2.54. The van der Waals surface area contributed by atoms with E-state index in [1.165, 1.54) is 25.7 Å². The van der Waals surface area contributed by atoms with Crippen molar-refractivity contribution in [3.63, 3.8) is 0 Å². The van der Waals surface area contributed by atoms with Crippen LogP contribution in [0, 0.1) is 0 Å². The van der Waals surface area contributed by atoms with E-state index in [0.29, 0.717) is 6.17 Å². The lowest BCUT2D eigenvalue weighted by Crippen LogP contribution is -2.34. The van der Waals surface area contributed by atoms with E-state index < -0.39 is 0 Å².